The third-order valence-electron chi connectivity index (χ3n) is 12.1. The Bertz CT molecular complexity index is 2590. The third kappa shape index (κ3) is 8.11. The number of unbranched alkanes of at least 4 members (excludes halogenated alkanes) is 2. The van der Waals surface area contributed by atoms with Gasteiger partial charge in [-0.15, -0.1) is 5.06 Å². The van der Waals surface area contributed by atoms with Crippen LogP contribution >= 0.6 is 0 Å². The number of carbonyl (C=O) groups excluding carboxylic acids is 5. The van der Waals surface area contributed by atoms with Gasteiger partial charge in [0.15, 0.2) is 23.0 Å². The number of hydroxylamine groups is 2. The summed E-state index contributed by atoms with van der Waals surface area (Å²) in [6.07, 6.45) is 7.85. The van der Waals surface area contributed by atoms with Crippen molar-refractivity contribution in [2.45, 2.75) is 69.9 Å². The molecule has 1 saturated heterocycles. The Balaban J connectivity index is 0.763. The molecule has 4 aromatic carbocycles. The first-order valence-corrected chi connectivity index (χ1v) is 21.6. The van der Waals surface area contributed by atoms with E-state index in [4.69, 9.17) is 33.8 Å². The summed E-state index contributed by atoms with van der Waals surface area (Å²) in [5.74, 6) is -0.00384. The van der Waals surface area contributed by atoms with Crippen LogP contribution in [0.1, 0.15) is 76.8 Å². The molecule has 0 aliphatic carbocycles. The Labute approximate surface area is 369 Å². The number of imide groups is 1. The van der Waals surface area contributed by atoms with Gasteiger partial charge in [-0.05, 0) is 73.2 Å². The maximum atomic E-state index is 14.1. The molecule has 0 N–H and O–H groups in total. The molecule has 5 heterocycles. The van der Waals surface area contributed by atoms with Crippen molar-refractivity contribution in [1.82, 2.24) is 5.06 Å². The largest absolute Gasteiger partial charge is 0.493 e. The Hall–Kier alpha value is -7.23. The van der Waals surface area contributed by atoms with Crippen molar-refractivity contribution >= 4 is 70.5 Å². The number of methoxy groups -OCH3 is 2. The second-order valence-corrected chi connectivity index (χ2v) is 16.3. The van der Waals surface area contributed by atoms with Gasteiger partial charge in [-0.1, -0.05) is 18.2 Å². The van der Waals surface area contributed by atoms with Crippen LogP contribution in [0.4, 0.5) is 28.4 Å². The van der Waals surface area contributed by atoms with Crippen LogP contribution < -0.4 is 33.6 Å². The first-order chi connectivity index (χ1) is 31.1. The van der Waals surface area contributed by atoms with Crippen molar-refractivity contribution in [3.8, 4) is 23.0 Å². The van der Waals surface area contributed by atoms with E-state index in [1.54, 1.807) is 49.6 Å². The zero-order valence-corrected chi connectivity index (χ0v) is 35.9. The number of benzene rings is 4. The summed E-state index contributed by atoms with van der Waals surface area (Å²) in [5, 5.41) is 0.567. The fraction of sp³-hybridized carbons (Fsp3) is 0.354. The summed E-state index contributed by atoms with van der Waals surface area (Å²) in [6, 6.07) is 20.4. The van der Waals surface area contributed by atoms with Crippen LogP contribution in [-0.4, -0.2) is 100 Å². The van der Waals surface area contributed by atoms with Crippen LogP contribution in [-0.2, 0) is 32.1 Å². The van der Waals surface area contributed by atoms with E-state index in [1.807, 2.05) is 65.5 Å². The van der Waals surface area contributed by atoms with Gasteiger partial charge in [0, 0.05) is 87.3 Å². The molecule has 4 aromatic rings. The Kier molecular flexibility index (Phi) is 11.7. The molecule has 0 saturated carbocycles. The van der Waals surface area contributed by atoms with Crippen molar-refractivity contribution in [3.63, 3.8) is 0 Å². The number of anilines is 3. The summed E-state index contributed by atoms with van der Waals surface area (Å²) in [6.45, 7) is 1.37. The lowest BCUT2D eigenvalue weighted by Crippen LogP contribution is -2.37. The number of aliphatic imine (C=N–C) groups is 2. The number of amides is 4. The van der Waals surface area contributed by atoms with E-state index in [-0.39, 0.29) is 43.2 Å². The highest BCUT2D eigenvalue weighted by Gasteiger charge is 2.39. The number of hydrogen-bond acceptors (Lipinski definition) is 13. The average molecular weight is 869 g/mol. The molecule has 0 bridgehead atoms. The number of nitrogens with zero attached hydrogens (tertiary/aromatic N) is 6. The molecule has 5 aliphatic heterocycles. The monoisotopic (exact) mass is 868 g/mol. The highest BCUT2D eigenvalue weighted by atomic mass is 16.7. The summed E-state index contributed by atoms with van der Waals surface area (Å²) in [4.78, 5) is 83.7. The second-order valence-electron chi connectivity index (χ2n) is 16.3. The van der Waals surface area contributed by atoms with Crippen molar-refractivity contribution in [3.05, 3.63) is 89.0 Å². The average Bonchev–Trinajstić information content (AvgIpc) is 3.91. The van der Waals surface area contributed by atoms with Gasteiger partial charge >= 0.3 is 5.97 Å². The molecular formula is C48H48N6O10. The minimum absolute atomic E-state index is 0.0463. The number of carbonyl (C=O) groups is 5. The van der Waals surface area contributed by atoms with Crippen LogP contribution in [0.25, 0.3) is 0 Å². The molecular weight excluding hydrogens is 821 g/mol. The number of rotatable bonds is 16. The van der Waals surface area contributed by atoms with Gasteiger partial charge in [0.05, 0.1) is 62.0 Å². The van der Waals surface area contributed by atoms with E-state index in [0.717, 1.165) is 53.9 Å². The van der Waals surface area contributed by atoms with Gasteiger partial charge in [-0.25, -0.2) is 4.79 Å². The summed E-state index contributed by atoms with van der Waals surface area (Å²) < 4.78 is 23.7. The first kappa shape index (κ1) is 42.1. The molecule has 64 heavy (non-hydrogen) atoms. The van der Waals surface area contributed by atoms with Gasteiger partial charge in [-0.3, -0.25) is 39.0 Å². The second kappa shape index (κ2) is 17.9. The minimum atomic E-state index is -0.630. The molecule has 16 nitrogen and oxygen atoms in total. The van der Waals surface area contributed by atoms with Gasteiger partial charge in [0.25, 0.3) is 23.6 Å². The summed E-state index contributed by atoms with van der Waals surface area (Å²) >= 11 is 0. The lowest BCUT2D eigenvalue weighted by molar-refractivity contribution is -0.197. The molecule has 0 radical (unpaired) electrons. The predicted molar refractivity (Wildman–Crippen MR) is 238 cm³/mol. The third-order valence-corrected chi connectivity index (χ3v) is 12.1. The van der Waals surface area contributed by atoms with E-state index >= 15 is 0 Å². The molecule has 9 rings (SSSR count). The van der Waals surface area contributed by atoms with E-state index in [2.05, 4.69) is 0 Å². The van der Waals surface area contributed by atoms with E-state index in [0.29, 0.717) is 83.2 Å². The molecule has 16 heteroatoms. The van der Waals surface area contributed by atoms with Gasteiger partial charge in [0.1, 0.15) is 0 Å². The smallest absolute Gasteiger partial charge is 0.333 e. The molecule has 0 aromatic heterocycles. The molecule has 330 valence electrons. The zero-order chi connectivity index (χ0) is 44.5. The fourth-order valence-electron chi connectivity index (χ4n) is 8.81. The predicted octanol–water partition coefficient (Wildman–Crippen LogP) is 6.73. The highest BCUT2D eigenvalue weighted by molar-refractivity contribution is 6.16. The van der Waals surface area contributed by atoms with Gasteiger partial charge in [-0.2, -0.15) is 0 Å². The van der Waals surface area contributed by atoms with Crippen molar-refractivity contribution < 1.29 is 47.8 Å². The Morgan fingerprint density at radius 3 is 1.83 bits per heavy atom. The van der Waals surface area contributed by atoms with Crippen LogP contribution in [0, 0.1) is 0 Å². The molecule has 1 fully saturated rings. The maximum absolute atomic E-state index is 14.1. The molecule has 5 aliphatic rings. The fourth-order valence-corrected chi connectivity index (χ4v) is 8.81. The Morgan fingerprint density at radius 2 is 1.23 bits per heavy atom. The van der Waals surface area contributed by atoms with E-state index < -0.39 is 17.8 Å². The highest BCUT2D eigenvalue weighted by Crippen LogP contribution is 2.43. The standard InChI is InChI=1S/C48H48N6O10/c1-51(17-9-12-46(57)64-54-44(55)15-16-45(54)56)31-13-14-39-30(21-31)22-33-28-50-37-26-43(41(61-3)24-35(37)48(59)53(33)39)63-19-8-4-7-18-62-42-25-36-34(23-40(42)60-2)47(58)52-32(27-49-36)20-29-10-5-6-11-38(29)52/h5-6,10-11,13-14,21,23-28,32-33H,4,7-9,12,15-20,22H2,1-3H3/t32-,33-/m0/s1. The number of fused-ring (bicyclic) bond motifs is 8. The van der Waals surface area contributed by atoms with E-state index in [1.165, 1.54) is 0 Å². The normalized spacial score (nSPS) is 17.8. The summed E-state index contributed by atoms with van der Waals surface area (Å²) in [5.41, 5.74) is 6.69. The topological polar surface area (TPSA) is 169 Å². The van der Waals surface area contributed by atoms with Crippen molar-refractivity contribution in [2.24, 2.45) is 9.98 Å². The number of ether oxygens (including phenoxy) is 4. The molecule has 2 atom stereocenters. The van der Waals surface area contributed by atoms with Crippen LogP contribution in [0.3, 0.4) is 0 Å². The Morgan fingerprint density at radius 1 is 0.672 bits per heavy atom. The van der Waals surface area contributed by atoms with E-state index in [9.17, 15) is 24.0 Å². The van der Waals surface area contributed by atoms with Gasteiger partial charge in [0.2, 0.25) is 0 Å². The molecule has 0 spiro atoms. The van der Waals surface area contributed by atoms with Crippen LogP contribution in [0.15, 0.2) is 76.7 Å². The quantitative estimate of drug-likeness (QED) is 0.0865. The van der Waals surface area contributed by atoms with Crippen molar-refractivity contribution in [1.29, 1.82) is 0 Å². The van der Waals surface area contributed by atoms with Gasteiger partial charge < -0.3 is 28.7 Å². The molecule has 4 amide bonds. The van der Waals surface area contributed by atoms with Crippen LogP contribution in [0.5, 0.6) is 23.0 Å². The van der Waals surface area contributed by atoms with Crippen molar-refractivity contribution in [2.75, 3.05) is 55.7 Å². The lowest BCUT2D eigenvalue weighted by Gasteiger charge is -2.23. The zero-order valence-electron chi connectivity index (χ0n) is 35.9. The lowest BCUT2D eigenvalue weighted by atomic mass is 10.1. The maximum Gasteiger partial charge on any atom is 0.333 e. The number of para-hydroxylation sites is 1. The summed E-state index contributed by atoms with van der Waals surface area (Å²) in [7, 11) is 5.01. The minimum Gasteiger partial charge on any atom is -0.493 e. The SMILES string of the molecule is COc1cc2c(cc1OCCCCCOc1cc3c(cc1OC)C(=O)N1c4ccc(N(C)CCCC(=O)ON5C(=O)CCC5=O)cc4C[C@H]1C=N3)N=C[C@@H]1Cc3ccccc3N1C2=O. The molecule has 0 unspecified atom stereocenters. The number of hydrogen-bond donors (Lipinski definition) is 0. The van der Waals surface area contributed by atoms with Crippen LogP contribution in [0.2, 0.25) is 0 Å². The first-order valence-electron chi connectivity index (χ1n) is 21.6.